The van der Waals surface area contributed by atoms with Gasteiger partial charge in [-0.15, -0.1) is 11.6 Å². The summed E-state index contributed by atoms with van der Waals surface area (Å²) in [6.45, 7) is 7.91. The van der Waals surface area contributed by atoms with E-state index in [0.29, 0.717) is 0 Å². The second-order valence-electron chi connectivity index (χ2n) is 5.10. The van der Waals surface area contributed by atoms with Crippen LogP contribution in [0.1, 0.15) is 31.9 Å². The van der Waals surface area contributed by atoms with Crippen molar-refractivity contribution in [2.45, 2.75) is 39.5 Å². The van der Waals surface area contributed by atoms with Crippen molar-refractivity contribution in [3.63, 3.8) is 0 Å². The monoisotopic (exact) mass is 267 g/mol. The third-order valence-corrected chi connectivity index (χ3v) is 3.57. The molecular formula is C14H18ClNO2. The van der Waals surface area contributed by atoms with Gasteiger partial charge >= 0.3 is 0 Å². The average Bonchev–Trinajstić information content (AvgIpc) is 2.29. The zero-order chi connectivity index (χ0) is 13.5. The molecule has 0 spiro atoms. The second-order valence-corrected chi connectivity index (χ2v) is 5.36. The topological polar surface area (TPSA) is 29.5 Å². The first-order valence-corrected chi connectivity index (χ1v) is 6.58. The molecule has 1 aromatic rings. The molecule has 18 heavy (non-hydrogen) atoms. The zero-order valence-electron chi connectivity index (χ0n) is 11.2. The van der Waals surface area contributed by atoms with Crippen molar-refractivity contribution < 1.29 is 9.53 Å². The highest BCUT2D eigenvalue weighted by atomic mass is 35.5. The molecule has 1 amide bonds. The van der Waals surface area contributed by atoms with Crippen molar-refractivity contribution in [1.82, 2.24) is 0 Å². The van der Waals surface area contributed by atoms with E-state index in [2.05, 4.69) is 0 Å². The van der Waals surface area contributed by atoms with E-state index in [1.807, 2.05) is 45.9 Å². The third kappa shape index (κ3) is 2.02. The van der Waals surface area contributed by atoms with Crippen molar-refractivity contribution in [3.05, 3.63) is 29.3 Å². The lowest BCUT2D eigenvalue weighted by Crippen LogP contribution is -2.49. The van der Waals surface area contributed by atoms with Gasteiger partial charge in [-0.1, -0.05) is 18.2 Å². The number of alkyl halides is 1. The summed E-state index contributed by atoms with van der Waals surface area (Å²) in [6.07, 6.45) is -0.306. The number of amides is 1. The molecule has 1 heterocycles. The van der Waals surface area contributed by atoms with Crippen LogP contribution in [0.3, 0.4) is 0 Å². The Kier molecular flexibility index (Phi) is 3.39. The van der Waals surface area contributed by atoms with E-state index in [1.165, 1.54) is 0 Å². The first-order valence-electron chi connectivity index (χ1n) is 6.04. The van der Waals surface area contributed by atoms with Gasteiger partial charge < -0.3 is 4.74 Å². The fourth-order valence-corrected chi connectivity index (χ4v) is 2.71. The number of benzene rings is 1. The van der Waals surface area contributed by atoms with Crippen molar-refractivity contribution in [1.29, 1.82) is 0 Å². The number of carbonyl (C=O) groups excluding carboxylic acids is 1. The molecule has 2 rings (SSSR count). The van der Waals surface area contributed by atoms with Gasteiger partial charge in [0.05, 0.1) is 11.3 Å². The van der Waals surface area contributed by atoms with Gasteiger partial charge in [0.25, 0.3) is 0 Å². The van der Waals surface area contributed by atoms with Crippen LogP contribution in [-0.4, -0.2) is 18.0 Å². The Labute approximate surface area is 113 Å². The maximum absolute atomic E-state index is 12.0. The van der Waals surface area contributed by atoms with Gasteiger partial charge in [-0.2, -0.15) is 0 Å². The number of para-hydroxylation sites is 1. The Hall–Kier alpha value is -1.06. The van der Waals surface area contributed by atoms with E-state index >= 15 is 0 Å². The average molecular weight is 268 g/mol. The molecule has 3 nitrogen and oxygen atoms in total. The molecule has 0 saturated heterocycles. The number of fused-ring (bicyclic) bond motifs is 1. The fourth-order valence-electron chi connectivity index (χ4n) is 2.58. The minimum Gasteiger partial charge on any atom is -0.348 e. The summed E-state index contributed by atoms with van der Waals surface area (Å²) in [6, 6.07) is 5.99. The number of ether oxygens (including phenoxy) is 1. The summed E-state index contributed by atoms with van der Waals surface area (Å²) in [4.78, 5) is 13.7. The predicted molar refractivity (Wildman–Crippen MR) is 73.0 cm³/mol. The van der Waals surface area contributed by atoms with Crippen molar-refractivity contribution in [3.8, 4) is 0 Å². The number of aryl methyl sites for hydroxylation is 1. The summed E-state index contributed by atoms with van der Waals surface area (Å²) in [5, 5.41) is 0. The smallest absolute Gasteiger partial charge is 0.244 e. The first-order chi connectivity index (χ1) is 8.38. The lowest BCUT2D eigenvalue weighted by atomic mass is 9.91. The molecule has 0 radical (unpaired) electrons. The molecule has 0 fully saturated rings. The molecule has 0 saturated carbocycles. The number of nitrogens with zero attached hydrogens (tertiary/aromatic N) is 1. The molecule has 1 unspecified atom stereocenters. The van der Waals surface area contributed by atoms with Crippen LogP contribution in [0.5, 0.6) is 0 Å². The molecular weight excluding hydrogens is 250 g/mol. The van der Waals surface area contributed by atoms with Crippen LogP contribution in [0.25, 0.3) is 0 Å². The lowest BCUT2D eigenvalue weighted by molar-refractivity contribution is -0.125. The Morgan fingerprint density at radius 2 is 2.17 bits per heavy atom. The molecule has 1 aliphatic heterocycles. The van der Waals surface area contributed by atoms with E-state index in [4.69, 9.17) is 16.3 Å². The van der Waals surface area contributed by atoms with Crippen LogP contribution in [0.2, 0.25) is 0 Å². The summed E-state index contributed by atoms with van der Waals surface area (Å²) in [5.74, 6) is -0.169. The lowest BCUT2D eigenvalue weighted by Gasteiger charge is -2.44. The van der Waals surface area contributed by atoms with Gasteiger partial charge in [0, 0.05) is 5.56 Å². The second kappa shape index (κ2) is 4.56. The fraction of sp³-hybridized carbons (Fsp3) is 0.500. The van der Waals surface area contributed by atoms with Gasteiger partial charge in [0.15, 0.2) is 0 Å². The maximum Gasteiger partial charge on any atom is 0.244 e. The van der Waals surface area contributed by atoms with E-state index < -0.39 is 5.60 Å². The number of carbonyl (C=O) groups is 1. The summed E-state index contributed by atoms with van der Waals surface area (Å²) < 4.78 is 5.94. The Balaban J connectivity index is 2.64. The highest BCUT2D eigenvalue weighted by Crippen LogP contribution is 2.42. The quantitative estimate of drug-likeness (QED) is 0.732. The van der Waals surface area contributed by atoms with Gasteiger partial charge in [-0.3, -0.25) is 9.69 Å². The zero-order valence-corrected chi connectivity index (χ0v) is 11.9. The summed E-state index contributed by atoms with van der Waals surface area (Å²) >= 11 is 5.69. The molecule has 0 aromatic heterocycles. The first kappa shape index (κ1) is 13.4. The van der Waals surface area contributed by atoms with Gasteiger partial charge in [-0.25, -0.2) is 0 Å². The van der Waals surface area contributed by atoms with Crippen LogP contribution in [0.4, 0.5) is 5.69 Å². The highest BCUT2D eigenvalue weighted by Gasteiger charge is 2.39. The molecule has 1 aliphatic rings. The Morgan fingerprint density at radius 1 is 1.50 bits per heavy atom. The highest BCUT2D eigenvalue weighted by molar-refractivity contribution is 6.29. The minimum absolute atomic E-state index is 0.0398. The van der Waals surface area contributed by atoms with E-state index in [9.17, 15) is 4.79 Å². The third-order valence-electron chi connectivity index (χ3n) is 3.34. The van der Waals surface area contributed by atoms with E-state index in [1.54, 1.807) is 4.90 Å². The van der Waals surface area contributed by atoms with Gasteiger partial charge in [0.1, 0.15) is 12.1 Å². The predicted octanol–water partition coefficient (Wildman–Crippen LogP) is 3.18. The molecule has 0 N–H and O–H groups in total. The van der Waals surface area contributed by atoms with Crippen LogP contribution in [0, 0.1) is 6.92 Å². The number of rotatable bonds is 1. The van der Waals surface area contributed by atoms with Gasteiger partial charge in [0.2, 0.25) is 5.91 Å². The van der Waals surface area contributed by atoms with E-state index in [0.717, 1.165) is 16.8 Å². The minimum atomic E-state index is -0.399. The number of halogens is 1. The normalized spacial score (nSPS) is 21.6. The number of anilines is 1. The summed E-state index contributed by atoms with van der Waals surface area (Å²) in [7, 11) is 0. The van der Waals surface area contributed by atoms with Gasteiger partial charge in [-0.05, 0) is 33.3 Å². The van der Waals surface area contributed by atoms with Crippen LogP contribution >= 0.6 is 11.6 Å². The molecule has 0 bridgehead atoms. The molecule has 98 valence electrons. The molecule has 1 aromatic carbocycles. The SMILES string of the molecule is Cc1cccc2c1N(C(=O)CCl)C(C)OC2(C)C. The molecule has 1 atom stereocenters. The molecule has 4 heteroatoms. The van der Waals surface area contributed by atoms with Crippen molar-refractivity contribution >= 4 is 23.2 Å². The van der Waals surface area contributed by atoms with E-state index in [-0.39, 0.29) is 18.0 Å². The van der Waals surface area contributed by atoms with Crippen LogP contribution in [-0.2, 0) is 15.1 Å². The summed E-state index contributed by atoms with van der Waals surface area (Å²) in [5.41, 5.74) is 2.63. The Bertz CT molecular complexity index is 485. The van der Waals surface area contributed by atoms with Crippen LogP contribution in [0.15, 0.2) is 18.2 Å². The maximum atomic E-state index is 12.0. The largest absolute Gasteiger partial charge is 0.348 e. The van der Waals surface area contributed by atoms with Crippen LogP contribution < -0.4 is 4.90 Å². The number of hydrogen-bond acceptors (Lipinski definition) is 2. The van der Waals surface area contributed by atoms with Crippen molar-refractivity contribution in [2.75, 3.05) is 10.8 Å². The standard InChI is InChI=1S/C14H18ClNO2/c1-9-6-5-7-11-13(9)16(12(17)8-15)10(2)18-14(11,3)4/h5-7,10H,8H2,1-4H3. The van der Waals surface area contributed by atoms with Crippen molar-refractivity contribution in [2.24, 2.45) is 0 Å². The number of hydrogen-bond donors (Lipinski definition) is 0. The Morgan fingerprint density at radius 3 is 2.78 bits per heavy atom. The molecule has 0 aliphatic carbocycles.